The molecule has 28 heavy (non-hydrogen) atoms. The van der Waals surface area contributed by atoms with Gasteiger partial charge in [0.2, 0.25) is 5.91 Å². The molecule has 1 aromatic carbocycles. The minimum atomic E-state index is -0.206. The lowest BCUT2D eigenvalue weighted by Gasteiger charge is -2.09. The first-order valence-corrected chi connectivity index (χ1v) is 10.8. The van der Waals surface area contributed by atoms with Crippen LogP contribution in [0.4, 0.5) is 5.00 Å². The molecule has 0 bridgehead atoms. The maximum absolute atomic E-state index is 12.5. The number of aromatic nitrogens is 2. The SMILES string of the molecule is Cn1c(SCC(=O)Nc2sc3c(c2C#N)CCCC3)nc2ccccc2c1=O. The van der Waals surface area contributed by atoms with Gasteiger partial charge in [-0.2, -0.15) is 5.26 Å². The Morgan fingerprint density at radius 2 is 2.14 bits per heavy atom. The van der Waals surface area contributed by atoms with Crippen LogP contribution >= 0.6 is 23.1 Å². The van der Waals surface area contributed by atoms with Gasteiger partial charge in [-0.3, -0.25) is 14.2 Å². The van der Waals surface area contributed by atoms with Gasteiger partial charge in [0.25, 0.3) is 5.56 Å². The maximum Gasteiger partial charge on any atom is 0.261 e. The van der Waals surface area contributed by atoms with E-state index in [-0.39, 0.29) is 17.2 Å². The van der Waals surface area contributed by atoms with Crippen molar-refractivity contribution in [3.63, 3.8) is 0 Å². The summed E-state index contributed by atoms with van der Waals surface area (Å²) in [7, 11) is 1.66. The molecule has 1 aliphatic rings. The van der Waals surface area contributed by atoms with E-state index in [9.17, 15) is 14.9 Å². The normalized spacial score (nSPS) is 13.1. The smallest absolute Gasteiger partial charge is 0.261 e. The van der Waals surface area contributed by atoms with Crippen LogP contribution in [0.3, 0.4) is 0 Å². The van der Waals surface area contributed by atoms with Gasteiger partial charge < -0.3 is 5.32 Å². The molecule has 0 saturated heterocycles. The van der Waals surface area contributed by atoms with E-state index in [2.05, 4.69) is 16.4 Å². The molecule has 2 heterocycles. The van der Waals surface area contributed by atoms with Gasteiger partial charge in [-0.05, 0) is 43.4 Å². The molecule has 2 aromatic heterocycles. The average Bonchev–Trinajstić information content (AvgIpc) is 3.06. The van der Waals surface area contributed by atoms with E-state index in [1.807, 2.05) is 6.07 Å². The Morgan fingerprint density at radius 3 is 2.96 bits per heavy atom. The zero-order valence-corrected chi connectivity index (χ0v) is 17.0. The average molecular weight is 411 g/mol. The van der Waals surface area contributed by atoms with E-state index in [0.717, 1.165) is 31.2 Å². The molecule has 8 heteroatoms. The fourth-order valence-electron chi connectivity index (χ4n) is 3.39. The first-order valence-electron chi connectivity index (χ1n) is 9.01. The molecule has 0 atom stereocenters. The molecule has 142 valence electrons. The summed E-state index contributed by atoms with van der Waals surface area (Å²) < 4.78 is 1.46. The quantitative estimate of drug-likeness (QED) is 0.526. The van der Waals surface area contributed by atoms with E-state index < -0.39 is 0 Å². The van der Waals surface area contributed by atoms with Crippen LogP contribution < -0.4 is 10.9 Å². The zero-order chi connectivity index (χ0) is 19.7. The number of benzene rings is 1. The van der Waals surface area contributed by atoms with Crippen molar-refractivity contribution < 1.29 is 4.79 Å². The van der Waals surface area contributed by atoms with Crippen molar-refractivity contribution >= 4 is 44.9 Å². The zero-order valence-electron chi connectivity index (χ0n) is 15.3. The van der Waals surface area contributed by atoms with Gasteiger partial charge in [0.15, 0.2) is 5.16 Å². The highest BCUT2D eigenvalue weighted by Gasteiger charge is 2.22. The lowest BCUT2D eigenvalue weighted by molar-refractivity contribution is -0.113. The van der Waals surface area contributed by atoms with Crippen molar-refractivity contribution in [3.8, 4) is 6.07 Å². The molecule has 3 aromatic rings. The number of nitrogens with zero attached hydrogens (tertiary/aromatic N) is 3. The van der Waals surface area contributed by atoms with Gasteiger partial charge >= 0.3 is 0 Å². The van der Waals surface area contributed by atoms with Crippen LogP contribution in [0.5, 0.6) is 0 Å². The predicted molar refractivity (Wildman–Crippen MR) is 112 cm³/mol. The van der Waals surface area contributed by atoms with Gasteiger partial charge in [-0.25, -0.2) is 4.98 Å². The third kappa shape index (κ3) is 3.43. The third-order valence-corrected chi connectivity index (χ3v) is 7.05. The van der Waals surface area contributed by atoms with Crippen LogP contribution in [0.2, 0.25) is 0 Å². The number of rotatable bonds is 4. The number of amides is 1. The second-order valence-corrected chi connectivity index (χ2v) is 8.69. The Morgan fingerprint density at radius 1 is 1.36 bits per heavy atom. The number of hydrogen-bond donors (Lipinski definition) is 1. The summed E-state index contributed by atoms with van der Waals surface area (Å²) in [5.74, 6) is -0.0889. The summed E-state index contributed by atoms with van der Waals surface area (Å²) in [5, 5.41) is 14.1. The summed E-state index contributed by atoms with van der Waals surface area (Å²) in [5.41, 5.74) is 2.19. The number of nitriles is 1. The number of fused-ring (bicyclic) bond motifs is 2. The molecule has 1 aliphatic carbocycles. The number of carbonyl (C=O) groups excluding carboxylic acids is 1. The largest absolute Gasteiger partial charge is 0.316 e. The lowest BCUT2D eigenvalue weighted by Crippen LogP contribution is -2.21. The Bertz CT molecular complexity index is 1170. The maximum atomic E-state index is 12.5. The topological polar surface area (TPSA) is 87.8 Å². The minimum absolute atomic E-state index is 0.117. The van der Waals surface area contributed by atoms with Crippen molar-refractivity contribution in [1.29, 1.82) is 5.26 Å². The van der Waals surface area contributed by atoms with E-state index in [0.29, 0.717) is 26.6 Å². The Kier molecular flexibility index (Phi) is 5.20. The number of thiophene rings is 1. The number of hydrogen-bond acceptors (Lipinski definition) is 6. The second kappa shape index (κ2) is 7.78. The number of aryl methyl sites for hydroxylation is 1. The van der Waals surface area contributed by atoms with Crippen LogP contribution in [-0.4, -0.2) is 21.2 Å². The predicted octanol–water partition coefficient (Wildman–Crippen LogP) is 3.48. The lowest BCUT2D eigenvalue weighted by atomic mass is 9.96. The molecule has 6 nitrogen and oxygen atoms in total. The van der Waals surface area contributed by atoms with Crippen molar-refractivity contribution in [1.82, 2.24) is 9.55 Å². The van der Waals surface area contributed by atoms with Crippen molar-refractivity contribution in [3.05, 3.63) is 50.6 Å². The highest BCUT2D eigenvalue weighted by molar-refractivity contribution is 7.99. The summed E-state index contributed by atoms with van der Waals surface area (Å²) >= 11 is 2.72. The summed E-state index contributed by atoms with van der Waals surface area (Å²) in [4.78, 5) is 30.6. The van der Waals surface area contributed by atoms with E-state index >= 15 is 0 Å². The van der Waals surface area contributed by atoms with Gasteiger partial charge in [0.05, 0.1) is 22.2 Å². The number of thioether (sulfide) groups is 1. The number of anilines is 1. The monoisotopic (exact) mass is 410 g/mol. The Hall–Kier alpha value is -2.63. The van der Waals surface area contributed by atoms with Crippen LogP contribution in [0.25, 0.3) is 10.9 Å². The van der Waals surface area contributed by atoms with Crippen LogP contribution in [0, 0.1) is 11.3 Å². The first kappa shape index (κ1) is 18.7. The second-order valence-electron chi connectivity index (χ2n) is 6.64. The minimum Gasteiger partial charge on any atom is -0.316 e. The summed E-state index contributed by atoms with van der Waals surface area (Å²) in [6.07, 6.45) is 4.09. The van der Waals surface area contributed by atoms with Gasteiger partial charge in [0, 0.05) is 11.9 Å². The van der Waals surface area contributed by atoms with Gasteiger partial charge in [-0.15, -0.1) is 11.3 Å². The van der Waals surface area contributed by atoms with Gasteiger partial charge in [-0.1, -0.05) is 23.9 Å². The van der Waals surface area contributed by atoms with Gasteiger partial charge in [0.1, 0.15) is 11.1 Å². The molecule has 0 spiro atoms. The van der Waals surface area contributed by atoms with E-state index in [1.165, 1.54) is 32.5 Å². The first-order chi connectivity index (χ1) is 13.6. The van der Waals surface area contributed by atoms with Crippen molar-refractivity contribution in [2.75, 3.05) is 11.1 Å². The fraction of sp³-hybridized carbons (Fsp3) is 0.300. The van der Waals surface area contributed by atoms with Crippen molar-refractivity contribution in [2.24, 2.45) is 7.05 Å². The number of nitrogens with one attached hydrogen (secondary N) is 1. The molecular weight excluding hydrogens is 392 g/mol. The fourth-order valence-corrected chi connectivity index (χ4v) is 5.42. The molecule has 0 radical (unpaired) electrons. The molecule has 0 saturated carbocycles. The Labute approximate surface area is 170 Å². The molecule has 0 unspecified atom stereocenters. The third-order valence-electron chi connectivity index (χ3n) is 4.81. The number of carbonyl (C=O) groups is 1. The number of para-hydroxylation sites is 1. The highest BCUT2D eigenvalue weighted by Crippen LogP contribution is 2.37. The standard InChI is InChI=1S/C20H18N4O2S2/c1-24-19(26)13-7-2-4-8-15(13)22-20(24)27-11-17(25)23-18-14(10-21)12-6-3-5-9-16(12)28-18/h2,4,7-8H,3,5-6,9,11H2,1H3,(H,23,25). The summed E-state index contributed by atoms with van der Waals surface area (Å²) in [6.45, 7) is 0. The molecule has 1 amide bonds. The Balaban J connectivity index is 1.51. The molecule has 4 rings (SSSR count). The molecular formula is C20H18N4O2S2. The molecule has 1 N–H and O–H groups in total. The molecule has 0 fully saturated rings. The molecule has 0 aliphatic heterocycles. The van der Waals surface area contributed by atoms with Crippen LogP contribution in [-0.2, 0) is 24.7 Å². The van der Waals surface area contributed by atoms with Crippen molar-refractivity contribution in [2.45, 2.75) is 30.8 Å². The van der Waals surface area contributed by atoms with E-state index in [4.69, 9.17) is 0 Å². The van der Waals surface area contributed by atoms with Crippen LogP contribution in [0.1, 0.15) is 28.8 Å². The van der Waals surface area contributed by atoms with Crippen LogP contribution in [0.15, 0.2) is 34.2 Å². The van der Waals surface area contributed by atoms with E-state index in [1.54, 1.807) is 25.2 Å². The highest BCUT2D eigenvalue weighted by atomic mass is 32.2. The summed E-state index contributed by atoms with van der Waals surface area (Å²) in [6, 6.07) is 9.42.